The van der Waals surface area contributed by atoms with Gasteiger partial charge in [0.15, 0.2) is 0 Å². The number of carboxylic acids is 1. The molecule has 8 heteroatoms. The molecule has 1 N–H and O–H groups in total. The van der Waals surface area contributed by atoms with E-state index in [0.29, 0.717) is 22.3 Å². The highest BCUT2D eigenvalue weighted by Crippen LogP contribution is 2.29. The zero-order valence-corrected chi connectivity index (χ0v) is 13.6. The van der Waals surface area contributed by atoms with Gasteiger partial charge in [-0.25, -0.2) is 4.98 Å². The van der Waals surface area contributed by atoms with Crippen LogP contribution in [0.25, 0.3) is 6.08 Å². The molecule has 1 aromatic carbocycles. The first kappa shape index (κ1) is 15.6. The van der Waals surface area contributed by atoms with Crippen LogP contribution in [0.3, 0.4) is 0 Å². The number of rotatable bonds is 5. The van der Waals surface area contributed by atoms with E-state index < -0.39 is 5.97 Å². The van der Waals surface area contributed by atoms with E-state index in [9.17, 15) is 9.90 Å². The van der Waals surface area contributed by atoms with E-state index in [-0.39, 0.29) is 4.91 Å². The number of aromatic amines is 1. The summed E-state index contributed by atoms with van der Waals surface area (Å²) in [6.45, 7) is 1.74. The smallest absolute Gasteiger partial charge is 0.213 e. The number of benzene rings is 1. The maximum Gasteiger partial charge on any atom is 0.213 e. The van der Waals surface area contributed by atoms with Crippen LogP contribution in [0, 0.1) is 6.92 Å². The third-order valence-electron chi connectivity index (χ3n) is 2.45. The van der Waals surface area contributed by atoms with Crippen molar-refractivity contribution in [1.29, 1.82) is 0 Å². The number of aromatic nitrogens is 3. The number of halogens is 1. The molecule has 1 aromatic heterocycles. The highest BCUT2D eigenvalue weighted by Gasteiger charge is 2.08. The zero-order valence-electron chi connectivity index (χ0n) is 11.2. The van der Waals surface area contributed by atoms with Gasteiger partial charge in [-0.05, 0) is 58.4 Å². The second-order valence-electron chi connectivity index (χ2n) is 4.00. The number of ether oxygens (including phenoxy) is 1. The van der Waals surface area contributed by atoms with Crippen LogP contribution in [0.4, 0.5) is 0 Å². The number of hydrogen-bond acceptors (Lipinski definition) is 6. The van der Waals surface area contributed by atoms with Gasteiger partial charge in [0.05, 0.1) is 17.6 Å². The Bertz CT molecular complexity index is 700. The highest BCUT2D eigenvalue weighted by molar-refractivity contribution is 9.10. The molecule has 6 nitrogen and oxygen atoms in total. The van der Waals surface area contributed by atoms with Crippen molar-refractivity contribution in [2.45, 2.75) is 12.1 Å². The summed E-state index contributed by atoms with van der Waals surface area (Å²) in [4.78, 5) is 15.3. The van der Waals surface area contributed by atoms with E-state index >= 15 is 0 Å². The number of methoxy groups -OCH3 is 1. The molecule has 0 aliphatic carbocycles. The number of carbonyl (C=O) groups is 1. The third kappa shape index (κ3) is 4.08. The van der Waals surface area contributed by atoms with Crippen LogP contribution in [0.5, 0.6) is 5.75 Å². The number of H-pyrrole nitrogens is 1. The van der Waals surface area contributed by atoms with Crippen molar-refractivity contribution in [1.82, 2.24) is 15.2 Å². The summed E-state index contributed by atoms with van der Waals surface area (Å²) in [6, 6.07) is 5.24. The lowest BCUT2D eigenvalue weighted by Crippen LogP contribution is -2.23. The summed E-state index contributed by atoms with van der Waals surface area (Å²) in [6.07, 6.45) is 1.50. The van der Waals surface area contributed by atoms with E-state index in [0.717, 1.165) is 16.2 Å². The van der Waals surface area contributed by atoms with Crippen LogP contribution in [0.15, 0.2) is 32.7 Å². The fourth-order valence-corrected chi connectivity index (χ4v) is 2.83. The molecule has 0 atom stereocenters. The lowest BCUT2D eigenvalue weighted by molar-refractivity contribution is -0.297. The van der Waals surface area contributed by atoms with E-state index in [4.69, 9.17) is 4.74 Å². The lowest BCUT2D eigenvalue weighted by Gasteiger charge is -2.07. The molecule has 0 fully saturated rings. The number of carbonyl (C=O) groups excluding carboxylic acids is 1. The van der Waals surface area contributed by atoms with Crippen LogP contribution in [0.2, 0.25) is 0 Å². The molecule has 0 aliphatic rings. The minimum atomic E-state index is -1.28. The molecule has 0 aliphatic heterocycles. The summed E-state index contributed by atoms with van der Waals surface area (Å²) < 4.78 is 5.86. The number of carboxylic acid groups (broad SMARTS) is 1. The summed E-state index contributed by atoms with van der Waals surface area (Å²) in [5, 5.41) is 18.1. The van der Waals surface area contributed by atoms with Gasteiger partial charge in [-0.3, -0.25) is 5.10 Å². The van der Waals surface area contributed by atoms with Crippen molar-refractivity contribution in [3.8, 4) is 5.75 Å². The number of thioether (sulfide) groups is 1. The van der Waals surface area contributed by atoms with Crippen LogP contribution in [-0.4, -0.2) is 28.3 Å². The van der Waals surface area contributed by atoms with E-state index in [1.807, 2.05) is 0 Å². The van der Waals surface area contributed by atoms with Crippen LogP contribution >= 0.6 is 27.7 Å². The Balaban J connectivity index is 2.29. The van der Waals surface area contributed by atoms with Crippen molar-refractivity contribution in [3.05, 3.63) is 39.0 Å². The standard InChI is InChI=1S/C13H12BrN3O3S/c1-7-15-13(17-16-7)21-11(12(18)19)6-8-3-4-10(20-2)9(14)5-8/h3-6H,1-2H3,(H,18,19)(H,15,16,17)/p-1/b11-6-. The van der Waals surface area contributed by atoms with E-state index in [1.54, 1.807) is 32.2 Å². The van der Waals surface area contributed by atoms with Gasteiger partial charge in [0, 0.05) is 4.91 Å². The Morgan fingerprint density at radius 3 is 2.81 bits per heavy atom. The average molecular weight is 369 g/mol. The number of nitrogens with zero attached hydrogens (tertiary/aromatic N) is 2. The normalized spacial score (nSPS) is 11.5. The first-order valence-electron chi connectivity index (χ1n) is 5.83. The summed E-state index contributed by atoms with van der Waals surface area (Å²) in [7, 11) is 1.56. The van der Waals surface area contributed by atoms with Crippen LogP contribution in [0.1, 0.15) is 11.4 Å². The van der Waals surface area contributed by atoms with Gasteiger partial charge in [0.1, 0.15) is 11.6 Å². The first-order chi connectivity index (χ1) is 9.99. The molecule has 0 amide bonds. The van der Waals surface area contributed by atoms with Crippen molar-refractivity contribution in [2.24, 2.45) is 0 Å². The van der Waals surface area contributed by atoms with Crippen LogP contribution in [-0.2, 0) is 4.79 Å². The molecule has 21 heavy (non-hydrogen) atoms. The average Bonchev–Trinajstić information content (AvgIpc) is 2.83. The van der Waals surface area contributed by atoms with E-state index in [1.165, 1.54) is 6.08 Å². The Hall–Kier alpha value is -1.80. The van der Waals surface area contributed by atoms with Gasteiger partial charge in [0.25, 0.3) is 0 Å². The predicted octanol–water partition coefficient (Wildman–Crippen LogP) is 1.77. The minimum absolute atomic E-state index is 0.0195. The Morgan fingerprint density at radius 1 is 1.52 bits per heavy atom. The topological polar surface area (TPSA) is 90.9 Å². The second-order valence-corrected chi connectivity index (χ2v) is 5.86. The Labute approximate surface area is 133 Å². The zero-order chi connectivity index (χ0) is 15.4. The molecule has 0 saturated heterocycles. The molecule has 0 spiro atoms. The van der Waals surface area contributed by atoms with Gasteiger partial charge >= 0.3 is 0 Å². The molecule has 0 unspecified atom stereocenters. The largest absolute Gasteiger partial charge is 0.544 e. The SMILES string of the molecule is COc1ccc(/C=C(\Sc2n[nH]c(C)n2)C(=O)[O-])cc1Br. The van der Waals surface area contributed by atoms with Gasteiger partial charge in [-0.15, -0.1) is 5.10 Å². The number of hydrogen-bond donors (Lipinski definition) is 1. The summed E-state index contributed by atoms with van der Waals surface area (Å²) in [5.41, 5.74) is 0.696. The van der Waals surface area contributed by atoms with Crippen molar-refractivity contribution in [2.75, 3.05) is 7.11 Å². The number of aliphatic carboxylic acids is 1. The van der Waals surface area contributed by atoms with E-state index in [2.05, 4.69) is 31.1 Å². The molecule has 110 valence electrons. The lowest BCUT2D eigenvalue weighted by atomic mass is 10.2. The van der Waals surface area contributed by atoms with Gasteiger partial charge in [0.2, 0.25) is 5.16 Å². The summed E-state index contributed by atoms with van der Waals surface area (Å²) in [5.74, 6) is -0.00354. The maximum absolute atomic E-state index is 11.2. The van der Waals surface area contributed by atoms with Crippen LogP contribution < -0.4 is 9.84 Å². The molecular formula is C13H11BrN3O3S-. The fraction of sp³-hybridized carbons (Fsp3) is 0.154. The van der Waals surface area contributed by atoms with Crippen molar-refractivity contribution >= 4 is 39.7 Å². The van der Waals surface area contributed by atoms with Gasteiger partial charge in [-0.1, -0.05) is 6.07 Å². The third-order valence-corrected chi connectivity index (χ3v) is 3.94. The van der Waals surface area contributed by atoms with Gasteiger partial charge in [-0.2, -0.15) is 0 Å². The first-order valence-corrected chi connectivity index (χ1v) is 7.44. The molecular weight excluding hydrogens is 358 g/mol. The molecule has 0 saturated carbocycles. The van der Waals surface area contributed by atoms with Gasteiger partial charge < -0.3 is 14.6 Å². The maximum atomic E-state index is 11.2. The van der Waals surface area contributed by atoms with Crippen molar-refractivity contribution < 1.29 is 14.6 Å². The molecule has 2 rings (SSSR count). The Kier molecular flexibility index (Phi) is 5.03. The fourth-order valence-electron chi connectivity index (χ4n) is 1.52. The minimum Gasteiger partial charge on any atom is -0.544 e. The highest BCUT2D eigenvalue weighted by atomic mass is 79.9. The predicted molar refractivity (Wildman–Crippen MR) is 80.7 cm³/mol. The number of aryl methyl sites for hydroxylation is 1. The molecule has 2 aromatic rings. The number of nitrogens with one attached hydrogen (secondary N) is 1. The monoisotopic (exact) mass is 368 g/mol. The quantitative estimate of drug-likeness (QED) is 0.638. The summed E-state index contributed by atoms with van der Waals surface area (Å²) >= 11 is 4.28. The molecule has 1 heterocycles. The molecule has 0 bridgehead atoms. The molecule has 0 radical (unpaired) electrons. The van der Waals surface area contributed by atoms with Crippen molar-refractivity contribution in [3.63, 3.8) is 0 Å². The second kappa shape index (κ2) is 6.77. The Morgan fingerprint density at radius 2 is 2.29 bits per heavy atom.